The van der Waals surface area contributed by atoms with E-state index < -0.39 is 6.10 Å². The molecular formula is C22H21NO2. The molecule has 0 heterocycles. The van der Waals surface area contributed by atoms with E-state index in [4.69, 9.17) is 0 Å². The minimum absolute atomic E-state index is 0.0813. The van der Waals surface area contributed by atoms with Gasteiger partial charge in [0.25, 0.3) is 0 Å². The molecule has 0 fully saturated rings. The number of amides is 1. The van der Waals surface area contributed by atoms with E-state index in [0.29, 0.717) is 5.69 Å². The fraction of sp³-hybridized carbons (Fsp3) is 0.136. The maximum atomic E-state index is 13.0. The van der Waals surface area contributed by atoms with Crippen molar-refractivity contribution >= 4 is 11.6 Å². The van der Waals surface area contributed by atoms with Gasteiger partial charge in [-0.1, -0.05) is 72.8 Å². The molecule has 0 bridgehead atoms. The van der Waals surface area contributed by atoms with Gasteiger partial charge in [0, 0.05) is 5.69 Å². The average molecular weight is 331 g/mol. The maximum absolute atomic E-state index is 13.0. The SMILES string of the molecule is CC(O)c1ccc(NC(=O)C(c2ccccc2)c2ccccc2)cc1. The molecule has 3 aromatic carbocycles. The first-order valence-corrected chi connectivity index (χ1v) is 8.34. The summed E-state index contributed by atoms with van der Waals surface area (Å²) in [5.74, 6) is -0.457. The highest BCUT2D eigenvalue weighted by atomic mass is 16.3. The van der Waals surface area contributed by atoms with Crippen LogP contribution in [0.5, 0.6) is 0 Å². The lowest BCUT2D eigenvalue weighted by molar-refractivity contribution is -0.116. The molecule has 1 atom stereocenters. The molecular weight excluding hydrogens is 310 g/mol. The number of hydrogen-bond acceptors (Lipinski definition) is 2. The van der Waals surface area contributed by atoms with Crippen molar-refractivity contribution < 1.29 is 9.90 Å². The number of benzene rings is 3. The molecule has 0 radical (unpaired) electrons. The predicted octanol–water partition coefficient (Wildman–Crippen LogP) is 4.51. The Labute approximate surface area is 148 Å². The Hall–Kier alpha value is -2.91. The van der Waals surface area contributed by atoms with Gasteiger partial charge in [0.1, 0.15) is 0 Å². The summed E-state index contributed by atoms with van der Waals surface area (Å²) in [6.07, 6.45) is -0.522. The van der Waals surface area contributed by atoms with E-state index in [1.54, 1.807) is 6.92 Å². The zero-order valence-electron chi connectivity index (χ0n) is 14.1. The number of aliphatic hydroxyl groups excluding tert-OH is 1. The number of carbonyl (C=O) groups excluding carboxylic acids is 1. The van der Waals surface area contributed by atoms with E-state index in [1.807, 2.05) is 84.9 Å². The molecule has 0 saturated carbocycles. The quantitative estimate of drug-likeness (QED) is 0.722. The van der Waals surface area contributed by atoms with Crippen LogP contribution in [0.3, 0.4) is 0 Å². The average Bonchev–Trinajstić information content (AvgIpc) is 2.64. The highest BCUT2D eigenvalue weighted by Crippen LogP contribution is 2.26. The van der Waals surface area contributed by atoms with Gasteiger partial charge < -0.3 is 10.4 Å². The van der Waals surface area contributed by atoms with Crippen molar-refractivity contribution in [1.29, 1.82) is 0 Å². The van der Waals surface area contributed by atoms with Crippen LogP contribution in [0.2, 0.25) is 0 Å². The normalized spacial score (nSPS) is 12.0. The molecule has 3 aromatic rings. The Morgan fingerprint density at radius 1 is 0.760 bits per heavy atom. The summed E-state index contributed by atoms with van der Waals surface area (Å²) in [5, 5.41) is 12.6. The second-order valence-electron chi connectivity index (χ2n) is 6.04. The molecule has 3 nitrogen and oxygen atoms in total. The lowest BCUT2D eigenvalue weighted by Gasteiger charge is -2.18. The number of anilines is 1. The number of hydrogen-bond donors (Lipinski definition) is 2. The number of carbonyl (C=O) groups is 1. The Balaban J connectivity index is 1.87. The molecule has 3 rings (SSSR count). The third-order valence-electron chi connectivity index (χ3n) is 4.19. The number of nitrogens with one attached hydrogen (secondary N) is 1. The summed E-state index contributed by atoms with van der Waals surface area (Å²) in [4.78, 5) is 13.0. The summed E-state index contributed by atoms with van der Waals surface area (Å²) in [5.41, 5.74) is 3.44. The molecule has 1 amide bonds. The van der Waals surface area contributed by atoms with Gasteiger partial charge in [-0.15, -0.1) is 0 Å². The predicted molar refractivity (Wildman–Crippen MR) is 100 cm³/mol. The molecule has 0 spiro atoms. The summed E-state index contributed by atoms with van der Waals surface area (Å²) < 4.78 is 0. The van der Waals surface area contributed by atoms with Gasteiger partial charge in [-0.25, -0.2) is 0 Å². The van der Waals surface area contributed by atoms with Crippen molar-refractivity contribution in [2.75, 3.05) is 5.32 Å². The number of aliphatic hydroxyl groups is 1. The van der Waals surface area contributed by atoms with Crippen LogP contribution in [0.1, 0.15) is 35.6 Å². The highest BCUT2D eigenvalue weighted by Gasteiger charge is 2.22. The van der Waals surface area contributed by atoms with Crippen LogP contribution < -0.4 is 5.32 Å². The lowest BCUT2D eigenvalue weighted by atomic mass is 9.90. The molecule has 1 unspecified atom stereocenters. The molecule has 126 valence electrons. The molecule has 0 aliphatic rings. The van der Waals surface area contributed by atoms with Crippen LogP contribution in [0, 0.1) is 0 Å². The fourth-order valence-corrected chi connectivity index (χ4v) is 2.85. The summed E-state index contributed by atoms with van der Waals surface area (Å²) in [6.45, 7) is 1.72. The standard InChI is InChI=1S/C22H21NO2/c1-16(24)17-12-14-20(15-13-17)23-22(25)21(18-8-4-2-5-9-18)19-10-6-3-7-11-19/h2-16,21,24H,1H3,(H,23,25). The first kappa shape index (κ1) is 16.9. The van der Waals surface area contributed by atoms with E-state index in [0.717, 1.165) is 16.7 Å². The molecule has 25 heavy (non-hydrogen) atoms. The van der Waals surface area contributed by atoms with Crippen LogP contribution >= 0.6 is 0 Å². The van der Waals surface area contributed by atoms with Crippen LogP contribution in [0.15, 0.2) is 84.9 Å². The van der Waals surface area contributed by atoms with Gasteiger partial charge in [-0.05, 0) is 35.7 Å². The largest absolute Gasteiger partial charge is 0.389 e. The smallest absolute Gasteiger partial charge is 0.236 e. The molecule has 0 aliphatic carbocycles. The zero-order valence-corrected chi connectivity index (χ0v) is 14.1. The summed E-state index contributed by atoms with van der Waals surface area (Å²) in [7, 11) is 0. The van der Waals surface area contributed by atoms with Gasteiger partial charge in [0.05, 0.1) is 12.0 Å². The third-order valence-corrected chi connectivity index (χ3v) is 4.19. The Morgan fingerprint density at radius 2 is 1.24 bits per heavy atom. The fourth-order valence-electron chi connectivity index (χ4n) is 2.85. The minimum Gasteiger partial charge on any atom is -0.389 e. The van der Waals surface area contributed by atoms with Gasteiger partial charge in [-0.3, -0.25) is 4.79 Å². The zero-order chi connectivity index (χ0) is 17.6. The van der Waals surface area contributed by atoms with Gasteiger partial charge in [-0.2, -0.15) is 0 Å². The van der Waals surface area contributed by atoms with Crippen LogP contribution in [0.25, 0.3) is 0 Å². The van der Waals surface area contributed by atoms with Gasteiger partial charge >= 0.3 is 0 Å². The molecule has 0 saturated heterocycles. The van der Waals surface area contributed by atoms with Crippen molar-refractivity contribution in [2.45, 2.75) is 18.9 Å². The minimum atomic E-state index is -0.522. The Morgan fingerprint density at radius 3 is 1.68 bits per heavy atom. The van der Waals surface area contributed by atoms with E-state index in [2.05, 4.69) is 5.32 Å². The van der Waals surface area contributed by atoms with Crippen molar-refractivity contribution in [3.63, 3.8) is 0 Å². The monoisotopic (exact) mass is 331 g/mol. The van der Waals surface area contributed by atoms with Crippen LogP contribution in [0.4, 0.5) is 5.69 Å². The first-order valence-electron chi connectivity index (χ1n) is 8.34. The van der Waals surface area contributed by atoms with Crippen molar-refractivity contribution in [3.8, 4) is 0 Å². The Kier molecular flexibility index (Phi) is 5.26. The van der Waals surface area contributed by atoms with E-state index >= 15 is 0 Å². The molecule has 3 heteroatoms. The first-order chi connectivity index (χ1) is 12.1. The highest BCUT2D eigenvalue weighted by molar-refractivity contribution is 5.98. The van der Waals surface area contributed by atoms with Crippen molar-refractivity contribution in [3.05, 3.63) is 102 Å². The van der Waals surface area contributed by atoms with Crippen LogP contribution in [-0.2, 0) is 4.79 Å². The van der Waals surface area contributed by atoms with E-state index in [9.17, 15) is 9.90 Å². The van der Waals surface area contributed by atoms with Crippen molar-refractivity contribution in [1.82, 2.24) is 0 Å². The summed E-state index contributed by atoms with van der Waals surface area (Å²) in [6, 6.07) is 26.8. The topological polar surface area (TPSA) is 49.3 Å². The molecule has 0 aliphatic heterocycles. The maximum Gasteiger partial charge on any atom is 0.236 e. The second kappa shape index (κ2) is 7.77. The lowest BCUT2D eigenvalue weighted by Crippen LogP contribution is -2.22. The molecule has 0 aromatic heterocycles. The van der Waals surface area contributed by atoms with Crippen LogP contribution in [-0.4, -0.2) is 11.0 Å². The summed E-state index contributed by atoms with van der Waals surface area (Å²) >= 11 is 0. The second-order valence-corrected chi connectivity index (χ2v) is 6.04. The van der Waals surface area contributed by atoms with E-state index in [-0.39, 0.29) is 11.8 Å². The Bertz CT molecular complexity index is 772. The third kappa shape index (κ3) is 4.14. The van der Waals surface area contributed by atoms with Gasteiger partial charge in [0.15, 0.2) is 0 Å². The molecule has 2 N–H and O–H groups in total. The van der Waals surface area contributed by atoms with Gasteiger partial charge in [0.2, 0.25) is 5.91 Å². The van der Waals surface area contributed by atoms with Crippen molar-refractivity contribution in [2.24, 2.45) is 0 Å². The van der Waals surface area contributed by atoms with E-state index in [1.165, 1.54) is 0 Å². The number of rotatable bonds is 5.